The molecule has 0 amide bonds. The van der Waals surface area contributed by atoms with Gasteiger partial charge in [-0.3, -0.25) is 0 Å². The van der Waals surface area contributed by atoms with E-state index in [4.69, 9.17) is 0 Å². The molecule has 1 aromatic rings. The summed E-state index contributed by atoms with van der Waals surface area (Å²) in [5, 5.41) is 0. The second-order valence-corrected chi connectivity index (χ2v) is 6.40. The topological polar surface area (TPSA) is 0 Å². The molecule has 0 nitrogen and oxygen atoms in total. The summed E-state index contributed by atoms with van der Waals surface area (Å²) in [5.41, 5.74) is 2.89. The third-order valence-electron chi connectivity index (χ3n) is 3.35. The van der Waals surface area contributed by atoms with Crippen molar-refractivity contribution in [2.45, 2.75) is 45.4 Å². The normalized spacial score (nSPS) is 15.1. The third-order valence-corrected chi connectivity index (χ3v) is 4.03. The first-order valence-corrected chi connectivity index (χ1v) is 7.18. The Kier molecular flexibility index (Phi) is 5.54. The zero-order valence-electron chi connectivity index (χ0n) is 10.8. The van der Waals surface area contributed by atoms with Crippen molar-refractivity contribution in [3.63, 3.8) is 0 Å². The lowest BCUT2D eigenvalue weighted by atomic mass is 9.87. The van der Waals surface area contributed by atoms with E-state index in [1.807, 2.05) is 0 Å². The van der Waals surface area contributed by atoms with Gasteiger partial charge in [0.15, 0.2) is 0 Å². The second-order valence-electron chi connectivity index (χ2n) is 4.96. The fourth-order valence-corrected chi connectivity index (χ4v) is 2.91. The van der Waals surface area contributed by atoms with E-state index < -0.39 is 0 Å². The van der Waals surface area contributed by atoms with Crippen LogP contribution in [-0.2, 0) is 12.8 Å². The predicted octanol–water partition coefficient (Wildman–Crippen LogP) is 4.85. The van der Waals surface area contributed by atoms with Crippen LogP contribution in [0.15, 0.2) is 24.3 Å². The van der Waals surface area contributed by atoms with Crippen LogP contribution >= 0.6 is 15.9 Å². The molecule has 0 N–H and O–H groups in total. The molecule has 0 saturated carbocycles. The third kappa shape index (κ3) is 3.93. The first-order valence-electron chi connectivity index (χ1n) is 6.26. The molecule has 16 heavy (non-hydrogen) atoms. The highest BCUT2D eigenvalue weighted by Gasteiger charge is 2.18. The molecule has 1 heteroatoms. The van der Waals surface area contributed by atoms with E-state index in [1.54, 1.807) is 0 Å². The van der Waals surface area contributed by atoms with Crippen LogP contribution in [-0.4, -0.2) is 4.83 Å². The maximum absolute atomic E-state index is 3.73. The molecule has 2 atom stereocenters. The van der Waals surface area contributed by atoms with Gasteiger partial charge in [-0.05, 0) is 35.8 Å². The molecule has 0 saturated heterocycles. The molecule has 0 heterocycles. The van der Waals surface area contributed by atoms with Gasteiger partial charge in [0.25, 0.3) is 0 Å². The predicted molar refractivity (Wildman–Crippen MR) is 76.2 cm³/mol. The summed E-state index contributed by atoms with van der Waals surface area (Å²) >= 11 is 3.73. The number of aryl methyl sites for hydroxylation is 1. The number of alkyl halides is 1. The van der Waals surface area contributed by atoms with Gasteiger partial charge in [0.2, 0.25) is 0 Å². The largest absolute Gasteiger partial charge is 0.0890 e. The van der Waals surface area contributed by atoms with Crippen LogP contribution in [0, 0.1) is 11.8 Å². The highest BCUT2D eigenvalue weighted by atomic mass is 79.9. The second kappa shape index (κ2) is 6.44. The fourth-order valence-electron chi connectivity index (χ4n) is 2.11. The van der Waals surface area contributed by atoms with Crippen molar-refractivity contribution in [2.24, 2.45) is 11.8 Å². The summed E-state index contributed by atoms with van der Waals surface area (Å²) < 4.78 is 0. The zero-order valence-corrected chi connectivity index (χ0v) is 12.4. The van der Waals surface area contributed by atoms with Crippen LogP contribution in [0.5, 0.6) is 0 Å². The number of benzene rings is 1. The molecule has 1 aromatic carbocycles. The highest BCUT2D eigenvalue weighted by molar-refractivity contribution is 9.09. The van der Waals surface area contributed by atoms with Gasteiger partial charge in [-0.25, -0.2) is 0 Å². The minimum Gasteiger partial charge on any atom is -0.0890 e. The van der Waals surface area contributed by atoms with Gasteiger partial charge in [0, 0.05) is 4.83 Å². The molecule has 0 aromatic heterocycles. The summed E-state index contributed by atoms with van der Waals surface area (Å²) in [7, 11) is 0. The van der Waals surface area contributed by atoms with Gasteiger partial charge in [-0.15, -0.1) is 0 Å². The zero-order chi connectivity index (χ0) is 12.1. The van der Waals surface area contributed by atoms with E-state index in [-0.39, 0.29) is 0 Å². The fraction of sp³-hybridized carbons (Fsp3) is 0.600. The van der Waals surface area contributed by atoms with E-state index in [1.165, 1.54) is 17.5 Å². The molecule has 0 aliphatic heterocycles. The summed E-state index contributed by atoms with van der Waals surface area (Å²) in [5.74, 6) is 1.44. The van der Waals surface area contributed by atoms with Crippen molar-refractivity contribution in [1.29, 1.82) is 0 Å². The average Bonchev–Trinajstić information content (AvgIpc) is 2.25. The molecular formula is C15H23Br. The Morgan fingerprint density at radius 2 is 1.50 bits per heavy atom. The van der Waals surface area contributed by atoms with Crippen LogP contribution < -0.4 is 0 Å². The SMILES string of the molecule is CCc1ccc(CC(C(C)C)C(C)Br)cc1. The summed E-state index contributed by atoms with van der Waals surface area (Å²) in [6.45, 7) is 9.07. The first-order chi connectivity index (χ1) is 7.54. The van der Waals surface area contributed by atoms with Gasteiger partial charge in [-0.2, -0.15) is 0 Å². The van der Waals surface area contributed by atoms with Crippen molar-refractivity contribution in [3.05, 3.63) is 35.4 Å². The van der Waals surface area contributed by atoms with Crippen molar-refractivity contribution in [3.8, 4) is 0 Å². The molecular weight excluding hydrogens is 260 g/mol. The van der Waals surface area contributed by atoms with Crippen molar-refractivity contribution < 1.29 is 0 Å². The first kappa shape index (κ1) is 13.8. The van der Waals surface area contributed by atoms with Crippen LogP contribution in [0.3, 0.4) is 0 Å². The highest BCUT2D eigenvalue weighted by Crippen LogP contribution is 2.25. The summed E-state index contributed by atoms with van der Waals surface area (Å²) in [6, 6.07) is 9.07. The van der Waals surface area contributed by atoms with Crippen LogP contribution in [0.4, 0.5) is 0 Å². The molecule has 2 unspecified atom stereocenters. The van der Waals surface area contributed by atoms with Crippen molar-refractivity contribution >= 4 is 15.9 Å². The van der Waals surface area contributed by atoms with Gasteiger partial charge in [-0.1, -0.05) is 67.9 Å². The number of hydrogen-bond acceptors (Lipinski definition) is 0. The van der Waals surface area contributed by atoms with Crippen LogP contribution in [0.25, 0.3) is 0 Å². The molecule has 90 valence electrons. The van der Waals surface area contributed by atoms with Gasteiger partial charge in [0.1, 0.15) is 0 Å². The van der Waals surface area contributed by atoms with Gasteiger partial charge >= 0.3 is 0 Å². The van der Waals surface area contributed by atoms with Crippen LogP contribution in [0.2, 0.25) is 0 Å². The molecule has 0 bridgehead atoms. The Labute approximate surface area is 109 Å². The quantitative estimate of drug-likeness (QED) is 0.678. The Hall–Kier alpha value is -0.300. The van der Waals surface area contributed by atoms with Crippen LogP contribution in [0.1, 0.15) is 38.8 Å². The van der Waals surface area contributed by atoms with E-state index in [0.717, 1.165) is 12.3 Å². The number of halogens is 1. The standard InChI is InChI=1S/C15H23Br/c1-5-13-6-8-14(9-7-13)10-15(11(2)3)12(4)16/h6-9,11-12,15H,5,10H2,1-4H3. The smallest absolute Gasteiger partial charge is 0.0151 e. The molecule has 1 rings (SSSR count). The average molecular weight is 283 g/mol. The molecule has 0 fully saturated rings. The molecule has 0 spiro atoms. The molecule has 0 aliphatic rings. The summed E-state index contributed by atoms with van der Waals surface area (Å²) in [6.07, 6.45) is 2.30. The minimum atomic E-state index is 0.582. The van der Waals surface area contributed by atoms with E-state index >= 15 is 0 Å². The lowest BCUT2D eigenvalue weighted by Gasteiger charge is -2.23. The van der Waals surface area contributed by atoms with Crippen molar-refractivity contribution in [2.75, 3.05) is 0 Å². The number of hydrogen-bond donors (Lipinski definition) is 0. The molecule has 0 radical (unpaired) electrons. The Morgan fingerprint density at radius 1 is 1.00 bits per heavy atom. The monoisotopic (exact) mass is 282 g/mol. The van der Waals surface area contributed by atoms with E-state index in [9.17, 15) is 0 Å². The Bertz CT molecular complexity index is 290. The Morgan fingerprint density at radius 3 is 1.88 bits per heavy atom. The molecule has 0 aliphatic carbocycles. The maximum Gasteiger partial charge on any atom is 0.0151 e. The van der Waals surface area contributed by atoms with Gasteiger partial charge < -0.3 is 0 Å². The summed E-state index contributed by atoms with van der Waals surface area (Å²) in [4.78, 5) is 0.582. The van der Waals surface area contributed by atoms with Crippen molar-refractivity contribution in [1.82, 2.24) is 0 Å². The minimum absolute atomic E-state index is 0.582. The van der Waals surface area contributed by atoms with E-state index in [0.29, 0.717) is 10.7 Å². The van der Waals surface area contributed by atoms with Gasteiger partial charge in [0.05, 0.1) is 0 Å². The Balaban J connectivity index is 2.70. The lowest BCUT2D eigenvalue weighted by Crippen LogP contribution is -2.20. The number of rotatable bonds is 5. The van der Waals surface area contributed by atoms with E-state index in [2.05, 4.69) is 67.9 Å². The lowest BCUT2D eigenvalue weighted by molar-refractivity contribution is 0.384. The maximum atomic E-state index is 3.73.